The summed E-state index contributed by atoms with van der Waals surface area (Å²) in [5.41, 5.74) is -0.0695. The number of aromatic nitrogens is 1. The van der Waals surface area contributed by atoms with Crippen LogP contribution in [0.3, 0.4) is 0 Å². The van der Waals surface area contributed by atoms with Crippen molar-refractivity contribution in [3.05, 3.63) is 54.2 Å². The summed E-state index contributed by atoms with van der Waals surface area (Å²) in [6, 6.07) is 10.9. The van der Waals surface area contributed by atoms with Gasteiger partial charge in [0.05, 0.1) is 18.0 Å². The summed E-state index contributed by atoms with van der Waals surface area (Å²) >= 11 is 0. The Morgan fingerprint density at radius 3 is 2.63 bits per heavy atom. The Morgan fingerprint density at radius 1 is 1.13 bits per heavy atom. The second-order valence-electron chi connectivity index (χ2n) is 7.43. The van der Waals surface area contributed by atoms with Gasteiger partial charge in [0.25, 0.3) is 0 Å². The average molecular weight is 419 g/mol. The molecule has 1 aromatic heterocycles. The predicted molar refractivity (Wildman–Crippen MR) is 102 cm³/mol. The fourth-order valence-electron chi connectivity index (χ4n) is 3.83. The third kappa shape index (κ3) is 4.24. The quantitative estimate of drug-likeness (QED) is 0.764. The molecule has 6 nitrogen and oxygen atoms in total. The van der Waals surface area contributed by atoms with Crippen molar-refractivity contribution in [2.24, 2.45) is 5.92 Å². The fourth-order valence-corrected chi connectivity index (χ4v) is 3.83. The van der Waals surface area contributed by atoms with Crippen molar-refractivity contribution in [3.63, 3.8) is 0 Å². The Morgan fingerprint density at radius 2 is 1.90 bits per heavy atom. The number of pyridine rings is 1. The van der Waals surface area contributed by atoms with Gasteiger partial charge in [0.2, 0.25) is 17.7 Å². The van der Waals surface area contributed by atoms with Crippen molar-refractivity contribution in [2.75, 3.05) is 24.5 Å². The number of nitrogens with zero attached hydrogens (tertiary/aromatic N) is 3. The first-order chi connectivity index (χ1) is 14.3. The second-order valence-corrected chi connectivity index (χ2v) is 7.43. The van der Waals surface area contributed by atoms with E-state index in [1.165, 1.54) is 0 Å². The summed E-state index contributed by atoms with van der Waals surface area (Å²) in [6.45, 7) is 1.00. The molecule has 2 amide bonds. The number of carbonyl (C=O) groups excluding carboxylic acids is 2. The third-order valence-corrected chi connectivity index (χ3v) is 5.35. The molecule has 0 bridgehead atoms. The number of anilines is 1. The molecule has 3 heterocycles. The van der Waals surface area contributed by atoms with Crippen molar-refractivity contribution < 1.29 is 27.5 Å². The SMILES string of the molecule is O=C(C1CC(=O)N(c2ccccc2)C1)N1CCC(Oc2cc(C(F)(F)F)ccn2)C1. The summed E-state index contributed by atoms with van der Waals surface area (Å²) in [5, 5.41) is 0. The molecule has 0 N–H and O–H groups in total. The first kappa shape index (κ1) is 20.2. The van der Waals surface area contributed by atoms with Crippen LogP contribution in [0.4, 0.5) is 18.9 Å². The van der Waals surface area contributed by atoms with Crippen LogP contribution < -0.4 is 9.64 Å². The number of para-hydroxylation sites is 1. The molecule has 0 radical (unpaired) electrons. The number of alkyl halides is 3. The molecule has 2 aliphatic heterocycles. The van der Waals surface area contributed by atoms with Gasteiger partial charge >= 0.3 is 6.18 Å². The Bertz CT molecular complexity index is 936. The summed E-state index contributed by atoms with van der Waals surface area (Å²) in [4.78, 5) is 32.3. The van der Waals surface area contributed by atoms with E-state index in [9.17, 15) is 22.8 Å². The lowest BCUT2D eigenvalue weighted by Gasteiger charge is -2.21. The molecule has 0 saturated carbocycles. The van der Waals surface area contributed by atoms with Crippen molar-refractivity contribution in [3.8, 4) is 5.88 Å². The predicted octanol–water partition coefficient (Wildman–Crippen LogP) is 3.13. The zero-order valence-electron chi connectivity index (χ0n) is 16.0. The average Bonchev–Trinajstić information content (AvgIpc) is 3.34. The molecule has 9 heteroatoms. The Kier molecular flexibility index (Phi) is 5.36. The molecule has 2 saturated heterocycles. The number of hydrogen-bond acceptors (Lipinski definition) is 4. The summed E-state index contributed by atoms with van der Waals surface area (Å²) < 4.78 is 44.1. The van der Waals surface area contributed by atoms with Crippen LogP contribution in [0, 0.1) is 5.92 Å². The molecule has 4 rings (SSSR count). The molecule has 1 aromatic carbocycles. The normalized spacial score (nSPS) is 21.9. The minimum Gasteiger partial charge on any atom is -0.472 e. The van der Waals surface area contributed by atoms with Gasteiger partial charge in [-0.05, 0) is 18.2 Å². The number of benzene rings is 1. The van der Waals surface area contributed by atoms with Gasteiger partial charge in [0.15, 0.2) is 0 Å². The fraction of sp³-hybridized carbons (Fsp3) is 0.381. The molecule has 0 spiro atoms. The van der Waals surface area contributed by atoms with E-state index in [1.807, 2.05) is 30.3 Å². The summed E-state index contributed by atoms with van der Waals surface area (Å²) in [5.74, 6) is -0.789. The third-order valence-electron chi connectivity index (χ3n) is 5.35. The van der Waals surface area contributed by atoms with Crippen LogP contribution in [0.5, 0.6) is 5.88 Å². The maximum Gasteiger partial charge on any atom is 0.416 e. The number of rotatable bonds is 4. The Labute approximate surface area is 171 Å². The van der Waals surface area contributed by atoms with Crippen molar-refractivity contribution in [1.82, 2.24) is 9.88 Å². The van der Waals surface area contributed by atoms with E-state index in [1.54, 1.807) is 9.80 Å². The summed E-state index contributed by atoms with van der Waals surface area (Å²) in [6.07, 6.45) is -3.22. The zero-order chi connectivity index (χ0) is 21.3. The topological polar surface area (TPSA) is 62.7 Å². The van der Waals surface area contributed by atoms with Gasteiger partial charge in [0.1, 0.15) is 6.10 Å². The lowest BCUT2D eigenvalue weighted by molar-refractivity contribution is -0.137. The van der Waals surface area contributed by atoms with E-state index in [0.717, 1.165) is 24.0 Å². The zero-order valence-corrected chi connectivity index (χ0v) is 16.0. The van der Waals surface area contributed by atoms with Crippen molar-refractivity contribution >= 4 is 17.5 Å². The molecule has 2 atom stereocenters. The Balaban J connectivity index is 1.36. The highest BCUT2D eigenvalue weighted by molar-refractivity contribution is 6.00. The molecule has 2 fully saturated rings. The number of carbonyl (C=O) groups is 2. The van der Waals surface area contributed by atoms with Crippen molar-refractivity contribution in [1.29, 1.82) is 0 Å². The Hall–Kier alpha value is -3.10. The van der Waals surface area contributed by atoms with Crippen molar-refractivity contribution in [2.45, 2.75) is 25.1 Å². The monoisotopic (exact) mass is 419 g/mol. The van der Waals surface area contributed by atoms with Gasteiger partial charge in [-0.3, -0.25) is 9.59 Å². The van der Waals surface area contributed by atoms with E-state index >= 15 is 0 Å². The minimum atomic E-state index is -4.47. The lowest BCUT2D eigenvalue weighted by atomic mass is 10.1. The number of ether oxygens (including phenoxy) is 1. The molecule has 30 heavy (non-hydrogen) atoms. The number of likely N-dealkylation sites (tertiary alicyclic amines) is 1. The van der Waals surface area contributed by atoms with Gasteiger partial charge in [-0.25, -0.2) is 4.98 Å². The van der Waals surface area contributed by atoms with E-state index < -0.39 is 23.8 Å². The highest BCUT2D eigenvalue weighted by Crippen LogP contribution is 2.31. The van der Waals surface area contributed by atoms with Crippen LogP contribution in [-0.2, 0) is 15.8 Å². The van der Waals surface area contributed by atoms with Gasteiger partial charge in [-0.1, -0.05) is 18.2 Å². The van der Waals surface area contributed by atoms with Gasteiger partial charge < -0.3 is 14.5 Å². The van der Waals surface area contributed by atoms with Crippen LogP contribution in [0.1, 0.15) is 18.4 Å². The van der Waals surface area contributed by atoms with Crippen LogP contribution in [0.2, 0.25) is 0 Å². The highest BCUT2D eigenvalue weighted by atomic mass is 19.4. The minimum absolute atomic E-state index is 0.0975. The maximum atomic E-state index is 12.9. The van der Waals surface area contributed by atoms with E-state index in [4.69, 9.17) is 4.74 Å². The molecule has 2 aromatic rings. The van der Waals surface area contributed by atoms with Gasteiger partial charge in [-0.15, -0.1) is 0 Å². The number of amides is 2. The molecular formula is C21H20F3N3O3. The van der Waals surface area contributed by atoms with E-state index in [0.29, 0.717) is 19.5 Å². The van der Waals surface area contributed by atoms with Gasteiger partial charge in [-0.2, -0.15) is 13.2 Å². The number of halogens is 3. The van der Waals surface area contributed by atoms with E-state index in [-0.39, 0.29) is 30.7 Å². The first-order valence-electron chi connectivity index (χ1n) is 9.65. The van der Waals surface area contributed by atoms with E-state index in [2.05, 4.69) is 4.98 Å². The molecule has 158 valence electrons. The highest BCUT2D eigenvalue weighted by Gasteiger charge is 2.39. The van der Waals surface area contributed by atoms with Crippen LogP contribution >= 0.6 is 0 Å². The largest absolute Gasteiger partial charge is 0.472 e. The van der Waals surface area contributed by atoms with Crippen LogP contribution in [0.15, 0.2) is 48.7 Å². The molecular weight excluding hydrogens is 399 g/mol. The standard InChI is InChI=1S/C21H20F3N3O3/c22-21(23,24)15-6-8-25-18(11-15)30-17-7-9-26(13-17)20(29)14-10-19(28)27(12-14)16-4-2-1-3-5-16/h1-6,8,11,14,17H,7,9-10,12-13H2. The second kappa shape index (κ2) is 7.97. The first-order valence-corrected chi connectivity index (χ1v) is 9.65. The number of hydrogen-bond donors (Lipinski definition) is 0. The smallest absolute Gasteiger partial charge is 0.416 e. The maximum absolute atomic E-state index is 12.9. The van der Waals surface area contributed by atoms with Crippen LogP contribution in [-0.4, -0.2) is 47.4 Å². The summed E-state index contributed by atoms with van der Waals surface area (Å²) in [7, 11) is 0. The molecule has 0 aliphatic carbocycles. The lowest BCUT2D eigenvalue weighted by Crippen LogP contribution is -2.37. The molecule has 2 unspecified atom stereocenters. The molecule has 2 aliphatic rings. The van der Waals surface area contributed by atoms with Gasteiger partial charge in [0, 0.05) is 43.9 Å². The van der Waals surface area contributed by atoms with Crippen LogP contribution in [0.25, 0.3) is 0 Å².